The number of benzene rings is 1. The molecule has 1 fully saturated rings. The van der Waals surface area contributed by atoms with Crippen LogP contribution < -0.4 is 11.1 Å². The van der Waals surface area contributed by atoms with Gasteiger partial charge in [-0.15, -0.1) is 5.10 Å². The molecule has 4 rings (SSSR count). The highest BCUT2D eigenvalue weighted by Crippen LogP contribution is 2.35. The van der Waals surface area contributed by atoms with Gasteiger partial charge in [-0.25, -0.2) is 4.68 Å². The van der Waals surface area contributed by atoms with E-state index in [0.717, 1.165) is 36.3 Å². The van der Waals surface area contributed by atoms with E-state index < -0.39 is 5.91 Å². The third-order valence-electron chi connectivity index (χ3n) is 5.54. The van der Waals surface area contributed by atoms with Crippen molar-refractivity contribution in [1.29, 1.82) is 0 Å². The molecule has 0 bridgehead atoms. The zero-order chi connectivity index (χ0) is 19.2. The van der Waals surface area contributed by atoms with Gasteiger partial charge in [-0.1, -0.05) is 31.9 Å². The van der Waals surface area contributed by atoms with Crippen LogP contribution in [-0.4, -0.2) is 32.7 Å². The van der Waals surface area contributed by atoms with Crippen molar-refractivity contribution in [2.24, 2.45) is 11.1 Å². The number of nitrogens with two attached hydrogens (primary N) is 1. The van der Waals surface area contributed by atoms with E-state index in [1.165, 1.54) is 12.8 Å². The first kappa shape index (κ1) is 17.7. The van der Waals surface area contributed by atoms with Crippen LogP contribution in [-0.2, 0) is 6.42 Å². The largest absolute Gasteiger partial charge is 0.382 e. The number of amides is 1. The molecule has 7 heteroatoms. The number of ketones is 1. The van der Waals surface area contributed by atoms with Crippen molar-refractivity contribution in [2.45, 2.75) is 58.4 Å². The summed E-state index contributed by atoms with van der Waals surface area (Å²) in [4.78, 5) is 24.3. The van der Waals surface area contributed by atoms with E-state index in [4.69, 9.17) is 5.73 Å². The van der Waals surface area contributed by atoms with Gasteiger partial charge in [0.15, 0.2) is 11.5 Å². The molecule has 0 radical (unpaired) electrons. The maximum atomic E-state index is 12.4. The quantitative estimate of drug-likeness (QED) is 0.865. The van der Waals surface area contributed by atoms with Crippen LogP contribution in [0.1, 0.15) is 72.5 Å². The Balaban J connectivity index is 1.75. The Morgan fingerprint density at radius 2 is 2.00 bits per heavy atom. The third kappa shape index (κ3) is 3.34. The minimum Gasteiger partial charge on any atom is -0.382 e. The van der Waals surface area contributed by atoms with Crippen LogP contribution in [0, 0.1) is 5.41 Å². The number of hydrogen-bond acceptors (Lipinski definition) is 5. The number of rotatable bonds is 4. The van der Waals surface area contributed by atoms with Gasteiger partial charge in [-0.2, -0.15) is 0 Å². The summed E-state index contributed by atoms with van der Waals surface area (Å²) in [6, 6.07) is 5.77. The second kappa shape index (κ2) is 6.48. The molecule has 1 amide bonds. The van der Waals surface area contributed by atoms with Gasteiger partial charge >= 0.3 is 0 Å². The molecule has 3 N–H and O–H groups in total. The van der Waals surface area contributed by atoms with Crippen LogP contribution in [0.4, 0.5) is 5.69 Å². The Morgan fingerprint density at radius 1 is 1.26 bits per heavy atom. The van der Waals surface area contributed by atoms with Crippen molar-refractivity contribution >= 4 is 17.4 Å². The molecule has 0 spiro atoms. The number of hydrogen-bond donors (Lipinski definition) is 2. The number of fused-ring (bicyclic) bond motifs is 1. The van der Waals surface area contributed by atoms with E-state index in [9.17, 15) is 9.59 Å². The summed E-state index contributed by atoms with van der Waals surface area (Å²) in [6.45, 7) is 4.16. The molecule has 142 valence electrons. The van der Waals surface area contributed by atoms with Crippen molar-refractivity contribution in [3.8, 4) is 5.69 Å². The summed E-state index contributed by atoms with van der Waals surface area (Å²) in [6.07, 6.45) is 5.76. The minimum absolute atomic E-state index is 0.0329. The van der Waals surface area contributed by atoms with E-state index >= 15 is 0 Å². The van der Waals surface area contributed by atoms with Crippen molar-refractivity contribution in [3.63, 3.8) is 0 Å². The number of nitrogens with zero attached hydrogens (tertiary/aromatic N) is 3. The van der Waals surface area contributed by atoms with E-state index in [0.29, 0.717) is 23.7 Å². The molecule has 7 nitrogen and oxygen atoms in total. The molecule has 2 aromatic rings. The molecule has 0 saturated heterocycles. The van der Waals surface area contributed by atoms with Crippen LogP contribution in [0.3, 0.4) is 0 Å². The van der Waals surface area contributed by atoms with Gasteiger partial charge in [-0.05, 0) is 42.9 Å². The molecule has 1 saturated carbocycles. The Labute approximate surface area is 158 Å². The number of carbonyl (C=O) groups excluding carboxylic acids is 2. The minimum atomic E-state index is -0.459. The predicted molar refractivity (Wildman–Crippen MR) is 102 cm³/mol. The van der Waals surface area contributed by atoms with E-state index in [1.54, 1.807) is 16.8 Å². The SMILES string of the molecule is CC1(C)CC(=O)c2nnn(-c3ccc(C(N)=O)c(NC4CCCC4)c3)c2C1. The Morgan fingerprint density at radius 3 is 2.70 bits per heavy atom. The fraction of sp³-hybridized carbons (Fsp3) is 0.500. The maximum absolute atomic E-state index is 12.4. The highest BCUT2D eigenvalue weighted by atomic mass is 16.1. The second-order valence-electron chi connectivity index (χ2n) is 8.46. The molecular formula is C20H25N5O2. The standard InChI is InChI=1S/C20H25N5O2/c1-20(2)10-16-18(17(26)11-20)23-24-25(16)13-7-8-14(19(21)27)15(9-13)22-12-5-3-4-6-12/h7-9,12,22H,3-6,10-11H2,1-2H3,(H2,21,27). The summed E-state index contributed by atoms with van der Waals surface area (Å²) >= 11 is 0. The lowest BCUT2D eigenvalue weighted by Crippen LogP contribution is -2.28. The fourth-order valence-corrected chi connectivity index (χ4v) is 4.21. The lowest BCUT2D eigenvalue weighted by atomic mass is 9.77. The van der Waals surface area contributed by atoms with Crippen LogP contribution >= 0.6 is 0 Å². The average Bonchev–Trinajstić information content (AvgIpc) is 3.23. The number of primary amides is 1. The molecule has 2 aliphatic carbocycles. The number of Topliss-reactive ketones (excluding diaryl/α,β-unsaturated/α-hetero) is 1. The van der Waals surface area contributed by atoms with Crippen LogP contribution in [0.2, 0.25) is 0 Å². The Hall–Kier alpha value is -2.70. The van der Waals surface area contributed by atoms with E-state index in [1.807, 2.05) is 6.07 Å². The van der Waals surface area contributed by atoms with Crippen molar-refractivity contribution < 1.29 is 9.59 Å². The lowest BCUT2D eigenvalue weighted by molar-refractivity contribution is 0.0905. The van der Waals surface area contributed by atoms with E-state index in [-0.39, 0.29) is 11.2 Å². The number of aromatic nitrogens is 3. The summed E-state index contributed by atoms with van der Waals surface area (Å²) in [5, 5.41) is 11.8. The summed E-state index contributed by atoms with van der Waals surface area (Å²) in [7, 11) is 0. The molecule has 0 aliphatic heterocycles. The zero-order valence-corrected chi connectivity index (χ0v) is 15.8. The number of anilines is 1. The van der Waals surface area contributed by atoms with Gasteiger partial charge in [0.25, 0.3) is 5.91 Å². The van der Waals surface area contributed by atoms with Crippen molar-refractivity contribution in [2.75, 3.05) is 5.32 Å². The smallest absolute Gasteiger partial charge is 0.250 e. The Bertz CT molecular complexity index is 909. The van der Waals surface area contributed by atoms with Crippen LogP contribution in [0.15, 0.2) is 18.2 Å². The summed E-state index contributed by atoms with van der Waals surface area (Å²) < 4.78 is 1.72. The first-order chi connectivity index (χ1) is 12.8. The summed E-state index contributed by atoms with van der Waals surface area (Å²) in [5.74, 6) is -0.426. The second-order valence-corrected chi connectivity index (χ2v) is 8.46. The molecule has 1 aromatic carbocycles. The van der Waals surface area contributed by atoms with Gasteiger partial charge in [0.2, 0.25) is 0 Å². The predicted octanol–water partition coefficient (Wildman–Crippen LogP) is 2.88. The van der Waals surface area contributed by atoms with Gasteiger partial charge in [0, 0.05) is 18.2 Å². The highest BCUT2D eigenvalue weighted by Gasteiger charge is 2.35. The van der Waals surface area contributed by atoms with E-state index in [2.05, 4.69) is 29.5 Å². The monoisotopic (exact) mass is 367 g/mol. The zero-order valence-electron chi connectivity index (χ0n) is 15.8. The van der Waals surface area contributed by atoms with Gasteiger partial charge in [0.1, 0.15) is 0 Å². The molecule has 1 aromatic heterocycles. The van der Waals surface area contributed by atoms with Crippen LogP contribution in [0.25, 0.3) is 5.69 Å². The summed E-state index contributed by atoms with van der Waals surface area (Å²) in [5.41, 5.74) is 8.69. The molecule has 1 heterocycles. The molecular weight excluding hydrogens is 342 g/mol. The van der Waals surface area contributed by atoms with Crippen LogP contribution in [0.5, 0.6) is 0 Å². The number of carbonyl (C=O) groups is 2. The molecule has 27 heavy (non-hydrogen) atoms. The third-order valence-corrected chi connectivity index (χ3v) is 5.54. The normalized spacial score (nSPS) is 19.1. The topological polar surface area (TPSA) is 103 Å². The first-order valence-electron chi connectivity index (χ1n) is 9.53. The van der Waals surface area contributed by atoms with Crippen molar-refractivity contribution in [3.05, 3.63) is 35.2 Å². The van der Waals surface area contributed by atoms with Gasteiger partial charge in [0.05, 0.1) is 16.9 Å². The van der Waals surface area contributed by atoms with Crippen molar-refractivity contribution in [1.82, 2.24) is 15.0 Å². The molecule has 0 atom stereocenters. The number of nitrogens with one attached hydrogen (secondary N) is 1. The van der Waals surface area contributed by atoms with Gasteiger partial charge in [-0.3, -0.25) is 9.59 Å². The average molecular weight is 367 g/mol. The lowest BCUT2D eigenvalue weighted by Gasteiger charge is -2.28. The van der Waals surface area contributed by atoms with Gasteiger partial charge < -0.3 is 11.1 Å². The highest BCUT2D eigenvalue weighted by molar-refractivity contribution is 5.99. The maximum Gasteiger partial charge on any atom is 0.250 e. The fourth-order valence-electron chi connectivity index (χ4n) is 4.21. The molecule has 2 aliphatic rings. The Kier molecular flexibility index (Phi) is 4.25. The molecule has 0 unspecified atom stereocenters. The first-order valence-corrected chi connectivity index (χ1v) is 9.53.